The van der Waals surface area contributed by atoms with E-state index in [9.17, 15) is 9.90 Å². The molecule has 0 radical (unpaired) electrons. The number of carboxylic acids is 1. The number of nitrogens with one attached hydrogen (secondary N) is 1. The van der Waals surface area contributed by atoms with E-state index in [-0.39, 0.29) is 0 Å². The molecule has 4 rings (SSSR count). The van der Waals surface area contributed by atoms with Crippen LogP contribution in [0.1, 0.15) is 17.3 Å². The van der Waals surface area contributed by atoms with Gasteiger partial charge in [-0.1, -0.05) is 30.3 Å². The highest BCUT2D eigenvalue weighted by molar-refractivity contribution is 5.90. The third kappa shape index (κ3) is 3.20. The molecule has 0 saturated carbocycles. The summed E-state index contributed by atoms with van der Waals surface area (Å²) < 4.78 is 5.48. The van der Waals surface area contributed by atoms with Crippen molar-refractivity contribution in [1.82, 2.24) is 9.88 Å². The zero-order valence-corrected chi connectivity index (χ0v) is 16.2. The summed E-state index contributed by atoms with van der Waals surface area (Å²) in [6, 6.07) is 15.2. The minimum Gasteiger partial charge on any atom is -0.495 e. The average Bonchev–Trinajstić information content (AvgIpc) is 3.04. The molecule has 6 nitrogen and oxygen atoms in total. The number of methoxy groups -OCH3 is 1. The Labute approximate surface area is 164 Å². The van der Waals surface area contributed by atoms with Crippen LogP contribution in [0, 0.1) is 6.92 Å². The van der Waals surface area contributed by atoms with E-state index in [0.29, 0.717) is 13.1 Å². The van der Waals surface area contributed by atoms with Crippen LogP contribution < -0.4 is 9.64 Å². The highest BCUT2D eigenvalue weighted by Crippen LogP contribution is 2.34. The maximum atomic E-state index is 12.3. The van der Waals surface area contributed by atoms with Gasteiger partial charge in [-0.25, -0.2) is 0 Å². The fourth-order valence-electron chi connectivity index (χ4n) is 4.22. The Balaban J connectivity index is 1.59. The first-order valence-corrected chi connectivity index (χ1v) is 9.52. The molecule has 2 N–H and O–H groups in total. The fraction of sp³-hybridized carbons (Fsp3) is 0.318. The number of carbonyl (C=O) groups is 1. The lowest BCUT2D eigenvalue weighted by Gasteiger charge is -2.39. The van der Waals surface area contributed by atoms with Crippen molar-refractivity contribution in [1.29, 1.82) is 0 Å². The summed E-state index contributed by atoms with van der Waals surface area (Å²) in [7, 11) is 1.68. The predicted molar refractivity (Wildman–Crippen MR) is 110 cm³/mol. The topological polar surface area (TPSA) is 68.8 Å². The quantitative estimate of drug-likeness (QED) is 0.711. The molecule has 0 amide bonds. The zero-order valence-electron chi connectivity index (χ0n) is 16.2. The van der Waals surface area contributed by atoms with Crippen molar-refractivity contribution in [2.75, 3.05) is 38.2 Å². The minimum absolute atomic E-state index is 0.657. The normalized spacial score (nSPS) is 16.3. The molecule has 3 aromatic rings. The molecule has 2 aromatic carbocycles. The standard InChI is InChI=1S/C22H25N3O3/c1-15-20(16-7-3-4-8-17(16)23-15)21(22(26)27)25-13-11-24(12-14-25)18-9-5-6-10-19(18)28-2/h3-10,21,23H,11-14H2,1-2H3,(H,26,27)/t21-/m0/s1. The number of aliphatic carboxylic acids is 1. The van der Waals surface area contributed by atoms with E-state index >= 15 is 0 Å². The van der Waals surface area contributed by atoms with Gasteiger partial charge in [0.1, 0.15) is 11.8 Å². The number of aromatic amines is 1. The Hall–Kier alpha value is -2.99. The minimum atomic E-state index is -0.807. The summed E-state index contributed by atoms with van der Waals surface area (Å²) in [6.07, 6.45) is 0. The number of aryl methyl sites for hydroxylation is 1. The molecule has 0 spiro atoms. The largest absolute Gasteiger partial charge is 0.495 e. The van der Waals surface area contributed by atoms with E-state index in [1.165, 1.54) is 0 Å². The highest BCUT2D eigenvalue weighted by atomic mass is 16.5. The van der Waals surface area contributed by atoms with Gasteiger partial charge in [0.05, 0.1) is 12.8 Å². The lowest BCUT2D eigenvalue weighted by molar-refractivity contribution is -0.143. The van der Waals surface area contributed by atoms with E-state index < -0.39 is 12.0 Å². The molecule has 0 unspecified atom stereocenters. The monoisotopic (exact) mass is 379 g/mol. The molecule has 28 heavy (non-hydrogen) atoms. The molecular weight excluding hydrogens is 354 g/mol. The van der Waals surface area contributed by atoms with Crippen LogP contribution in [0.3, 0.4) is 0 Å². The molecule has 1 aliphatic rings. The van der Waals surface area contributed by atoms with Gasteiger partial charge in [0, 0.05) is 48.3 Å². The number of fused-ring (bicyclic) bond motifs is 1. The van der Waals surface area contributed by atoms with Crippen LogP contribution in [0.4, 0.5) is 5.69 Å². The highest BCUT2D eigenvalue weighted by Gasteiger charge is 2.33. The number of hydrogen-bond acceptors (Lipinski definition) is 4. The van der Waals surface area contributed by atoms with Crippen LogP contribution in [0.25, 0.3) is 10.9 Å². The molecule has 1 fully saturated rings. The number of carboxylic acid groups (broad SMARTS) is 1. The van der Waals surface area contributed by atoms with Crippen molar-refractivity contribution in [3.63, 3.8) is 0 Å². The van der Waals surface area contributed by atoms with Crippen LogP contribution in [-0.4, -0.2) is 54.2 Å². The molecule has 146 valence electrons. The smallest absolute Gasteiger partial charge is 0.325 e. The summed E-state index contributed by atoms with van der Waals surface area (Å²) in [5, 5.41) is 11.0. The zero-order chi connectivity index (χ0) is 19.7. The van der Waals surface area contributed by atoms with E-state index in [2.05, 4.69) is 14.8 Å². The molecule has 0 bridgehead atoms. The van der Waals surface area contributed by atoms with Crippen LogP contribution in [0.15, 0.2) is 48.5 Å². The maximum Gasteiger partial charge on any atom is 0.325 e. The fourth-order valence-corrected chi connectivity index (χ4v) is 4.22. The third-order valence-electron chi connectivity index (χ3n) is 5.56. The molecular formula is C22H25N3O3. The van der Waals surface area contributed by atoms with Crippen LogP contribution in [0.5, 0.6) is 5.75 Å². The molecule has 1 saturated heterocycles. The van der Waals surface area contributed by atoms with E-state index in [1.54, 1.807) is 7.11 Å². The number of benzene rings is 2. The number of para-hydroxylation sites is 3. The van der Waals surface area contributed by atoms with Crippen molar-refractivity contribution < 1.29 is 14.6 Å². The second-order valence-electron chi connectivity index (χ2n) is 7.14. The van der Waals surface area contributed by atoms with E-state index in [0.717, 1.165) is 46.7 Å². The van der Waals surface area contributed by atoms with Crippen molar-refractivity contribution in [2.45, 2.75) is 13.0 Å². The van der Waals surface area contributed by atoms with Crippen LogP contribution in [0.2, 0.25) is 0 Å². The third-order valence-corrected chi connectivity index (χ3v) is 5.56. The van der Waals surface area contributed by atoms with Crippen molar-refractivity contribution in [3.05, 3.63) is 59.8 Å². The van der Waals surface area contributed by atoms with Gasteiger partial charge < -0.3 is 19.7 Å². The Bertz CT molecular complexity index is 990. The van der Waals surface area contributed by atoms with Gasteiger partial charge in [0.15, 0.2) is 0 Å². The molecule has 2 heterocycles. The van der Waals surface area contributed by atoms with Gasteiger partial charge in [-0.05, 0) is 25.1 Å². The summed E-state index contributed by atoms with van der Waals surface area (Å²) >= 11 is 0. The van der Waals surface area contributed by atoms with Crippen molar-refractivity contribution in [3.8, 4) is 5.75 Å². The molecule has 1 atom stereocenters. The molecule has 1 aromatic heterocycles. The Kier molecular flexibility index (Phi) is 4.96. The first-order valence-electron chi connectivity index (χ1n) is 9.52. The van der Waals surface area contributed by atoms with Gasteiger partial charge in [-0.3, -0.25) is 9.69 Å². The second-order valence-corrected chi connectivity index (χ2v) is 7.14. The van der Waals surface area contributed by atoms with Crippen LogP contribution >= 0.6 is 0 Å². The number of piperazine rings is 1. The van der Waals surface area contributed by atoms with E-state index in [4.69, 9.17) is 4.74 Å². The van der Waals surface area contributed by atoms with Gasteiger partial charge in [0.25, 0.3) is 0 Å². The number of ether oxygens (including phenoxy) is 1. The first-order chi connectivity index (χ1) is 13.6. The summed E-state index contributed by atoms with van der Waals surface area (Å²) in [6.45, 7) is 4.81. The summed E-state index contributed by atoms with van der Waals surface area (Å²) in [4.78, 5) is 19.9. The Morgan fingerprint density at radius 1 is 1.07 bits per heavy atom. The lowest BCUT2D eigenvalue weighted by atomic mass is 10.0. The lowest BCUT2D eigenvalue weighted by Crippen LogP contribution is -2.49. The second kappa shape index (κ2) is 7.56. The van der Waals surface area contributed by atoms with Gasteiger partial charge in [0.2, 0.25) is 0 Å². The Morgan fingerprint density at radius 3 is 2.46 bits per heavy atom. The van der Waals surface area contributed by atoms with E-state index in [1.807, 2.05) is 55.5 Å². The predicted octanol–water partition coefficient (Wildman–Crippen LogP) is 3.43. The number of hydrogen-bond donors (Lipinski definition) is 2. The maximum absolute atomic E-state index is 12.3. The number of nitrogens with zero attached hydrogens (tertiary/aromatic N) is 2. The number of H-pyrrole nitrogens is 1. The number of anilines is 1. The molecule has 6 heteroatoms. The molecule has 0 aliphatic carbocycles. The summed E-state index contributed by atoms with van der Waals surface area (Å²) in [5.41, 5.74) is 3.82. The number of aromatic nitrogens is 1. The average molecular weight is 379 g/mol. The van der Waals surface area contributed by atoms with Gasteiger partial charge >= 0.3 is 5.97 Å². The summed E-state index contributed by atoms with van der Waals surface area (Å²) in [5.74, 6) is 0.0387. The Morgan fingerprint density at radius 2 is 1.75 bits per heavy atom. The van der Waals surface area contributed by atoms with Crippen molar-refractivity contribution in [2.24, 2.45) is 0 Å². The van der Waals surface area contributed by atoms with Gasteiger partial charge in [-0.2, -0.15) is 0 Å². The molecule has 1 aliphatic heterocycles. The van der Waals surface area contributed by atoms with Crippen LogP contribution in [-0.2, 0) is 4.79 Å². The van der Waals surface area contributed by atoms with Crippen molar-refractivity contribution >= 4 is 22.6 Å². The SMILES string of the molecule is COc1ccccc1N1CCN([C@H](C(=O)O)c2c(C)[nH]c3ccccc23)CC1. The first kappa shape index (κ1) is 18.4. The number of rotatable bonds is 5. The van der Waals surface area contributed by atoms with Gasteiger partial charge in [-0.15, -0.1) is 0 Å².